The van der Waals surface area contributed by atoms with Gasteiger partial charge in [0.1, 0.15) is 0 Å². The van der Waals surface area contributed by atoms with Crippen molar-refractivity contribution in [3.05, 3.63) is 21.2 Å². The number of nitrogens with zero attached hydrogens (tertiary/aromatic N) is 2. The van der Waals surface area contributed by atoms with Gasteiger partial charge in [0.15, 0.2) is 11.5 Å². The number of halogens is 1. The van der Waals surface area contributed by atoms with E-state index in [2.05, 4.69) is 54.1 Å². The third kappa shape index (κ3) is 3.68. The smallest absolute Gasteiger partial charge is 0.254 e. The summed E-state index contributed by atoms with van der Waals surface area (Å²) in [4.78, 5) is 31.0. The van der Waals surface area contributed by atoms with E-state index < -0.39 is 5.79 Å². The molecule has 3 heterocycles. The van der Waals surface area contributed by atoms with Gasteiger partial charge in [-0.15, -0.1) is 0 Å². The van der Waals surface area contributed by atoms with Gasteiger partial charge in [-0.3, -0.25) is 9.59 Å². The Morgan fingerprint density at radius 3 is 2.29 bits per heavy atom. The van der Waals surface area contributed by atoms with Crippen molar-refractivity contribution in [3.63, 3.8) is 0 Å². The number of carbonyl (C=O) groups excluding carboxylic acids is 2. The van der Waals surface area contributed by atoms with Crippen molar-refractivity contribution in [1.82, 2.24) is 15.1 Å². The highest BCUT2D eigenvalue weighted by atomic mass is 79.9. The van der Waals surface area contributed by atoms with Gasteiger partial charge >= 0.3 is 0 Å². The van der Waals surface area contributed by atoms with Gasteiger partial charge in [0.25, 0.3) is 11.7 Å². The van der Waals surface area contributed by atoms with Crippen LogP contribution in [0.25, 0.3) is 0 Å². The van der Waals surface area contributed by atoms with Crippen LogP contribution < -0.4 is 14.8 Å². The molecule has 4 fully saturated rings. The second-order valence-electron chi connectivity index (χ2n) is 13.2. The molecule has 0 radical (unpaired) electrons. The van der Waals surface area contributed by atoms with Gasteiger partial charge in [-0.05, 0) is 107 Å². The number of hydrogen-bond acceptors (Lipinski definition) is 5. The molecular formula is C30H42BrN3O4. The van der Waals surface area contributed by atoms with Crippen LogP contribution in [0.3, 0.4) is 0 Å². The molecule has 1 N–H and O–H groups in total. The van der Waals surface area contributed by atoms with E-state index in [1.807, 2.05) is 18.7 Å². The molecule has 2 bridgehead atoms. The molecule has 208 valence electrons. The van der Waals surface area contributed by atoms with Crippen LogP contribution in [0.5, 0.6) is 11.5 Å². The summed E-state index contributed by atoms with van der Waals surface area (Å²) in [5.74, 6) is 0.831. The van der Waals surface area contributed by atoms with Crippen LogP contribution in [0.2, 0.25) is 0 Å². The molecule has 0 aromatic heterocycles. The number of benzene rings is 1. The number of ether oxygens (including phenoxy) is 2. The summed E-state index contributed by atoms with van der Waals surface area (Å²) in [6.45, 7) is 9.34. The first-order valence-electron chi connectivity index (χ1n) is 14.4. The minimum atomic E-state index is -0.750. The molecule has 3 aliphatic carbocycles. The van der Waals surface area contributed by atoms with E-state index in [0.717, 1.165) is 72.7 Å². The van der Waals surface area contributed by atoms with Crippen LogP contribution in [0.15, 0.2) is 4.47 Å². The Bertz CT molecular complexity index is 1170. The normalized spacial score (nSPS) is 38.0. The van der Waals surface area contributed by atoms with Gasteiger partial charge in [-0.25, -0.2) is 0 Å². The second kappa shape index (κ2) is 8.85. The molecule has 1 saturated heterocycles. The first kappa shape index (κ1) is 26.4. The van der Waals surface area contributed by atoms with E-state index in [-0.39, 0.29) is 35.1 Å². The lowest BCUT2D eigenvalue weighted by molar-refractivity contribution is -0.212. The SMILES string of the molecule is Cc1c2c(c(Br)c3c1C(=O)N(CC1C(=O)NC(C)CC1C)CC3)OC(C)(C13CCC(N(C)C)(CC1)CC3)O2. The fourth-order valence-electron chi connectivity index (χ4n) is 8.31. The molecule has 7 nitrogen and oxygen atoms in total. The molecule has 2 amide bonds. The minimum Gasteiger partial charge on any atom is -0.448 e. The summed E-state index contributed by atoms with van der Waals surface area (Å²) in [6, 6.07) is 0.186. The molecule has 4 unspecified atom stereocenters. The Morgan fingerprint density at radius 2 is 1.68 bits per heavy atom. The van der Waals surface area contributed by atoms with E-state index in [9.17, 15) is 9.59 Å². The lowest BCUT2D eigenvalue weighted by Gasteiger charge is -2.59. The van der Waals surface area contributed by atoms with Gasteiger partial charge in [-0.1, -0.05) is 6.92 Å². The van der Waals surface area contributed by atoms with Crippen molar-refractivity contribution < 1.29 is 19.1 Å². The number of carbonyl (C=O) groups is 2. The quantitative estimate of drug-likeness (QED) is 0.533. The topological polar surface area (TPSA) is 71.1 Å². The number of rotatable bonds is 4. The van der Waals surface area contributed by atoms with Crippen LogP contribution in [0.4, 0.5) is 0 Å². The molecule has 0 spiro atoms. The Balaban J connectivity index is 1.28. The minimum absolute atomic E-state index is 0.00709. The Labute approximate surface area is 235 Å². The second-order valence-corrected chi connectivity index (χ2v) is 14.0. The van der Waals surface area contributed by atoms with Crippen molar-refractivity contribution in [2.75, 3.05) is 27.2 Å². The molecule has 3 saturated carbocycles. The average Bonchev–Trinajstić information content (AvgIpc) is 3.26. The van der Waals surface area contributed by atoms with E-state index >= 15 is 0 Å². The number of nitrogens with one attached hydrogen (secondary N) is 1. The van der Waals surface area contributed by atoms with Crippen LogP contribution in [0.1, 0.15) is 87.2 Å². The highest BCUT2D eigenvalue weighted by Gasteiger charge is 2.63. The highest BCUT2D eigenvalue weighted by Crippen LogP contribution is 2.63. The number of amides is 2. The largest absolute Gasteiger partial charge is 0.448 e. The lowest BCUT2D eigenvalue weighted by Crippen LogP contribution is -2.62. The first-order chi connectivity index (χ1) is 17.9. The maximum Gasteiger partial charge on any atom is 0.254 e. The maximum atomic E-state index is 13.9. The van der Waals surface area contributed by atoms with Crippen molar-refractivity contribution in [2.45, 2.75) is 96.4 Å². The van der Waals surface area contributed by atoms with Crippen molar-refractivity contribution in [2.24, 2.45) is 17.3 Å². The van der Waals surface area contributed by atoms with E-state index in [4.69, 9.17) is 9.47 Å². The monoisotopic (exact) mass is 587 g/mol. The standard InChI is InChI=1S/C30H42BrN3O4/c1-17-15-18(2)32-26(35)21(17)16-34-14-7-20-22(27(34)36)19(3)24-25(23(20)31)38-28(4,37-24)29-8-11-30(12-9-29,13-10-29)33(5)6/h17-18,21H,7-16H2,1-6H3,(H,32,35). The summed E-state index contributed by atoms with van der Waals surface area (Å²) in [6.07, 6.45) is 8.40. The summed E-state index contributed by atoms with van der Waals surface area (Å²) in [5.41, 5.74) is 2.84. The van der Waals surface area contributed by atoms with Crippen molar-refractivity contribution >= 4 is 27.7 Å². The zero-order valence-corrected chi connectivity index (χ0v) is 25.3. The first-order valence-corrected chi connectivity index (χ1v) is 15.2. The predicted molar refractivity (Wildman–Crippen MR) is 150 cm³/mol. The number of hydrogen-bond donors (Lipinski definition) is 1. The van der Waals surface area contributed by atoms with Crippen LogP contribution >= 0.6 is 15.9 Å². The summed E-state index contributed by atoms with van der Waals surface area (Å²) >= 11 is 3.83. The van der Waals surface area contributed by atoms with Crippen LogP contribution in [-0.4, -0.2) is 66.2 Å². The van der Waals surface area contributed by atoms with Crippen molar-refractivity contribution in [1.29, 1.82) is 0 Å². The molecule has 6 aliphatic rings. The third-order valence-corrected chi connectivity index (χ3v) is 11.9. The maximum absolute atomic E-state index is 13.9. The molecule has 3 aliphatic heterocycles. The van der Waals surface area contributed by atoms with Gasteiger partial charge < -0.3 is 24.6 Å². The average molecular weight is 589 g/mol. The van der Waals surface area contributed by atoms with Gasteiger partial charge in [0.05, 0.1) is 16.0 Å². The van der Waals surface area contributed by atoms with Crippen LogP contribution in [0, 0.1) is 24.2 Å². The van der Waals surface area contributed by atoms with Crippen LogP contribution in [-0.2, 0) is 11.2 Å². The summed E-state index contributed by atoms with van der Waals surface area (Å²) in [5, 5.41) is 3.08. The van der Waals surface area contributed by atoms with Crippen molar-refractivity contribution in [3.8, 4) is 11.5 Å². The Hall–Kier alpha value is -1.80. The molecule has 38 heavy (non-hydrogen) atoms. The van der Waals surface area contributed by atoms with Gasteiger partial charge in [0.2, 0.25) is 5.91 Å². The summed E-state index contributed by atoms with van der Waals surface area (Å²) < 4.78 is 14.4. The summed E-state index contributed by atoms with van der Waals surface area (Å²) in [7, 11) is 4.43. The van der Waals surface area contributed by atoms with E-state index in [0.29, 0.717) is 29.9 Å². The lowest BCUT2D eigenvalue weighted by atomic mass is 9.54. The molecular weight excluding hydrogens is 546 g/mol. The zero-order chi connectivity index (χ0) is 27.2. The van der Waals surface area contributed by atoms with E-state index in [1.165, 1.54) is 0 Å². The number of fused-ring (bicyclic) bond motifs is 5. The van der Waals surface area contributed by atoms with E-state index in [1.54, 1.807) is 0 Å². The van der Waals surface area contributed by atoms with Gasteiger partial charge in [0, 0.05) is 42.6 Å². The molecule has 1 aromatic carbocycles. The highest BCUT2D eigenvalue weighted by molar-refractivity contribution is 9.10. The molecule has 8 heteroatoms. The molecule has 7 rings (SSSR count). The van der Waals surface area contributed by atoms with Gasteiger partial charge in [-0.2, -0.15) is 0 Å². The predicted octanol–water partition coefficient (Wildman–Crippen LogP) is 5.06. The third-order valence-electron chi connectivity index (χ3n) is 11.1. The Morgan fingerprint density at radius 1 is 1.05 bits per heavy atom. The Kier molecular flexibility index (Phi) is 6.16. The molecule has 1 aromatic rings. The number of piperidine rings is 1. The fourth-order valence-corrected chi connectivity index (χ4v) is 8.97. The zero-order valence-electron chi connectivity index (χ0n) is 23.7. The fraction of sp³-hybridized carbons (Fsp3) is 0.733. The molecule has 4 atom stereocenters.